The molecule has 114 valence electrons. The molecule has 1 aromatic heterocycles. The van der Waals surface area contributed by atoms with Crippen molar-refractivity contribution in [1.82, 2.24) is 9.55 Å². The molecule has 0 saturated carbocycles. The topological polar surface area (TPSA) is 43.8 Å². The zero-order chi connectivity index (χ0) is 15.6. The van der Waals surface area contributed by atoms with Crippen LogP contribution in [-0.2, 0) is 19.6 Å². The summed E-state index contributed by atoms with van der Waals surface area (Å²) >= 11 is 2.92. The number of hydrogen-bond acceptors (Lipinski definition) is 2. The third-order valence-electron chi connectivity index (χ3n) is 3.32. The maximum atomic E-state index is 12.9. The van der Waals surface area contributed by atoms with E-state index in [1.54, 1.807) is 12.3 Å². The highest BCUT2D eigenvalue weighted by Crippen LogP contribution is 2.36. The summed E-state index contributed by atoms with van der Waals surface area (Å²) in [4.78, 5) is 4.17. The summed E-state index contributed by atoms with van der Waals surface area (Å²) in [5.74, 6) is 0.860. The number of aryl methyl sites for hydroxylation is 2. The first-order valence-electron chi connectivity index (χ1n) is 6.37. The third kappa shape index (κ3) is 3.85. The van der Waals surface area contributed by atoms with Gasteiger partial charge in [-0.25, -0.2) is 4.98 Å². The van der Waals surface area contributed by atoms with Crippen LogP contribution < -0.4 is 5.73 Å². The molecule has 0 aliphatic carbocycles. The Morgan fingerprint density at radius 2 is 2.10 bits per heavy atom. The van der Waals surface area contributed by atoms with E-state index in [1.165, 1.54) is 6.07 Å². The highest BCUT2D eigenvalue weighted by Gasteiger charge is 2.33. The van der Waals surface area contributed by atoms with Gasteiger partial charge in [0.2, 0.25) is 0 Å². The predicted octanol–water partition coefficient (Wildman–Crippen LogP) is 3.83. The van der Waals surface area contributed by atoms with Crippen molar-refractivity contribution in [3.63, 3.8) is 0 Å². The van der Waals surface area contributed by atoms with Crippen LogP contribution in [0.5, 0.6) is 0 Å². The van der Waals surface area contributed by atoms with E-state index in [0.29, 0.717) is 18.4 Å². The maximum absolute atomic E-state index is 12.9. The second-order valence-electron chi connectivity index (χ2n) is 4.84. The number of benzene rings is 1. The van der Waals surface area contributed by atoms with Gasteiger partial charge < -0.3 is 10.3 Å². The van der Waals surface area contributed by atoms with Gasteiger partial charge >= 0.3 is 6.18 Å². The molecule has 0 aliphatic heterocycles. The van der Waals surface area contributed by atoms with Gasteiger partial charge in [0.05, 0.1) is 5.56 Å². The highest BCUT2D eigenvalue weighted by atomic mass is 79.9. The Morgan fingerprint density at radius 1 is 1.38 bits per heavy atom. The first-order valence-corrected chi connectivity index (χ1v) is 7.16. The molecule has 1 aromatic carbocycles. The molecule has 2 N–H and O–H groups in total. The summed E-state index contributed by atoms with van der Waals surface area (Å²) in [7, 11) is 1.87. The van der Waals surface area contributed by atoms with Gasteiger partial charge in [-0.15, -0.1) is 0 Å². The van der Waals surface area contributed by atoms with Crippen LogP contribution in [0.3, 0.4) is 0 Å². The van der Waals surface area contributed by atoms with Crippen molar-refractivity contribution in [3.8, 4) is 0 Å². The van der Waals surface area contributed by atoms with Crippen LogP contribution in [0.2, 0.25) is 0 Å². The Hall–Kier alpha value is -1.34. The standard InChI is InChI=1S/C14H15BrF3N3/c1-21-7-6-20-13(21)5-4-12(19)9-2-3-11(15)10(8-9)14(16,17)18/h2-3,6-8,12H,4-5,19H2,1H3. The normalized spacial score (nSPS) is 13.4. The molecule has 1 unspecified atom stereocenters. The minimum atomic E-state index is -4.39. The van der Waals surface area contributed by atoms with Gasteiger partial charge in [-0.3, -0.25) is 0 Å². The van der Waals surface area contributed by atoms with Crippen LogP contribution in [0.1, 0.15) is 29.4 Å². The summed E-state index contributed by atoms with van der Waals surface area (Å²) in [6.45, 7) is 0. The Balaban J connectivity index is 2.12. The average Bonchev–Trinajstić information content (AvgIpc) is 2.80. The number of aromatic nitrogens is 2. The minimum Gasteiger partial charge on any atom is -0.338 e. The molecule has 2 aromatic rings. The lowest BCUT2D eigenvalue weighted by Gasteiger charge is -2.15. The van der Waals surface area contributed by atoms with Crippen LogP contribution in [0.25, 0.3) is 0 Å². The molecular formula is C14H15BrF3N3. The first kappa shape index (κ1) is 16.0. The zero-order valence-corrected chi connectivity index (χ0v) is 12.9. The minimum absolute atomic E-state index is 0.0232. The van der Waals surface area contributed by atoms with Gasteiger partial charge in [-0.05, 0) is 24.1 Å². The van der Waals surface area contributed by atoms with E-state index in [0.717, 1.165) is 11.9 Å². The lowest BCUT2D eigenvalue weighted by molar-refractivity contribution is -0.138. The monoisotopic (exact) mass is 361 g/mol. The molecule has 0 spiro atoms. The van der Waals surface area contributed by atoms with Crippen LogP contribution in [0.4, 0.5) is 13.2 Å². The third-order valence-corrected chi connectivity index (χ3v) is 4.02. The van der Waals surface area contributed by atoms with Crippen LogP contribution in [0.15, 0.2) is 35.1 Å². The molecule has 7 heteroatoms. The molecular weight excluding hydrogens is 347 g/mol. The summed E-state index contributed by atoms with van der Waals surface area (Å²) in [6.07, 6.45) is 0.255. The van der Waals surface area contributed by atoms with Crippen molar-refractivity contribution in [3.05, 3.63) is 52.0 Å². The van der Waals surface area contributed by atoms with E-state index < -0.39 is 17.8 Å². The average molecular weight is 362 g/mol. The fraction of sp³-hybridized carbons (Fsp3) is 0.357. The largest absolute Gasteiger partial charge is 0.417 e. The SMILES string of the molecule is Cn1ccnc1CCC(N)c1ccc(Br)c(C(F)(F)F)c1. The van der Waals surface area contributed by atoms with E-state index >= 15 is 0 Å². The lowest BCUT2D eigenvalue weighted by atomic mass is 10.0. The Labute approximate surface area is 129 Å². The molecule has 0 saturated heterocycles. The van der Waals surface area contributed by atoms with Gasteiger partial charge in [0, 0.05) is 36.4 Å². The number of rotatable bonds is 4. The molecule has 2 rings (SSSR count). The van der Waals surface area contributed by atoms with Gasteiger partial charge in [-0.1, -0.05) is 22.0 Å². The number of nitrogens with two attached hydrogens (primary N) is 1. The highest BCUT2D eigenvalue weighted by molar-refractivity contribution is 9.10. The number of alkyl halides is 3. The summed E-state index contributed by atoms with van der Waals surface area (Å²) in [5, 5.41) is 0. The maximum Gasteiger partial charge on any atom is 0.417 e. The van der Waals surface area contributed by atoms with E-state index in [-0.39, 0.29) is 4.47 Å². The molecule has 0 aliphatic rings. The molecule has 0 amide bonds. The summed E-state index contributed by atoms with van der Waals surface area (Å²) in [5.41, 5.74) is 5.77. The molecule has 1 heterocycles. The molecule has 0 bridgehead atoms. The summed E-state index contributed by atoms with van der Waals surface area (Å²) in [6, 6.07) is 3.64. The van der Waals surface area contributed by atoms with E-state index in [2.05, 4.69) is 20.9 Å². The van der Waals surface area contributed by atoms with Gasteiger partial charge in [0.15, 0.2) is 0 Å². The number of halogens is 4. The van der Waals surface area contributed by atoms with Crippen molar-refractivity contribution in [2.24, 2.45) is 12.8 Å². The quantitative estimate of drug-likeness (QED) is 0.898. The number of imidazole rings is 1. The fourth-order valence-electron chi connectivity index (χ4n) is 2.08. The van der Waals surface area contributed by atoms with Gasteiger partial charge in [-0.2, -0.15) is 13.2 Å². The zero-order valence-electron chi connectivity index (χ0n) is 11.4. The van der Waals surface area contributed by atoms with Crippen molar-refractivity contribution in [1.29, 1.82) is 0 Å². The van der Waals surface area contributed by atoms with Gasteiger partial charge in [0.25, 0.3) is 0 Å². The van der Waals surface area contributed by atoms with Crippen LogP contribution in [0, 0.1) is 0 Å². The predicted molar refractivity (Wildman–Crippen MR) is 77.6 cm³/mol. The van der Waals surface area contributed by atoms with Crippen LogP contribution >= 0.6 is 15.9 Å². The molecule has 3 nitrogen and oxygen atoms in total. The summed E-state index contributed by atoms with van der Waals surface area (Å²) < 4.78 is 40.5. The molecule has 0 radical (unpaired) electrons. The van der Waals surface area contributed by atoms with Crippen molar-refractivity contribution in [2.75, 3.05) is 0 Å². The number of nitrogens with zero attached hydrogens (tertiary/aromatic N) is 2. The van der Waals surface area contributed by atoms with Crippen molar-refractivity contribution >= 4 is 15.9 Å². The first-order chi connectivity index (χ1) is 9.79. The Morgan fingerprint density at radius 3 is 2.67 bits per heavy atom. The van der Waals surface area contributed by atoms with E-state index in [9.17, 15) is 13.2 Å². The second-order valence-corrected chi connectivity index (χ2v) is 5.69. The van der Waals surface area contributed by atoms with E-state index in [4.69, 9.17) is 5.73 Å². The second kappa shape index (κ2) is 6.19. The number of hydrogen-bond donors (Lipinski definition) is 1. The fourth-order valence-corrected chi connectivity index (χ4v) is 2.55. The van der Waals surface area contributed by atoms with Crippen molar-refractivity contribution < 1.29 is 13.2 Å². The Bertz CT molecular complexity index is 622. The van der Waals surface area contributed by atoms with Gasteiger partial charge in [0.1, 0.15) is 5.82 Å². The molecule has 1 atom stereocenters. The van der Waals surface area contributed by atoms with Crippen LogP contribution in [-0.4, -0.2) is 9.55 Å². The molecule has 0 fully saturated rings. The Kier molecular flexibility index (Phi) is 4.73. The van der Waals surface area contributed by atoms with Crippen molar-refractivity contribution in [2.45, 2.75) is 25.1 Å². The van der Waals surface area contributed by atoms with E-state index in [1.807, 2.05) is 17.8 Å². The lowest BCUT2D eigenvalue weighted by Crippen LogP contribution is -2.14. The smallest absolute Gasteiger partial charge is 0.338 e. The molecule has 21 heavy (non-hydrogen) atoms.